The van der Waals surface area contributed by atoms with E-state index in [0.717, 1.165) is 30.6 Å². The summed E-state index contributed by atoms with van der Waals surface area (Å²) in [6.45, 7) is 0. The lowest BCUT2D eigenvalue weighted by molar-refractivity contribution is -0.127. The zero-order valence-corrected chi connectivity index (χ0v) is 18.3. The minimum atomic E-state index is -1.01. The van der Waals surface area contributed by atoms with E-state index in [9.17, 15) is 18.4 Å². The second kappa shape index (κ2) is 10.0. The van der Waals surface area contributed by atoms with E-state index in [4.69, 9.17) is 0 Å². The molecule has 0 radical (unpaired) electrons. The van der Waals surface area contributed by atoms with Gasteiger partial charge in [-0.05, 0) is 66.2 Å². The molecule has 4 nitrogen and oxygen atoms in total. The van der Waals surface area contributed by atoms with Crippen molar-refractivity contribution in [3.63, 3.8) is 0 Å². The Labute approximate surface area is 189 Å². The minimum absolute atomic E-state index is 0.0490. The molecule has 1 unspecified atom stereocenters. The highest BCUT2D eigenvalue weighted by atomic mass is 32.1. The highest BCUT2D eigenvalue weighted by molar-refractivity contribution is 7.10. The summed E-state index contributed by atoms with van der Waals surface area (Å²) >= 11 is 1.45. The maximum Gasteiger partial charge on any atom is 0.248 e. The van der Waals surface area contributed by atoms with Gasteiger partial charge in [-0.1, -0.05) is 31.0 Å². The lowest BCUT2D eigenvalue weighted by Gasteiger charge is -2.32. The van der Waals surface area contributed by atoms with Gasteiger partial charge in [0, 0.05) is 16.6 Å². The van der Waals surface area contributed by atoms with Crippen LogP contribution in [-0.2, 0) is 16.0 Å². The first-order valence-corrected chi connectivity index (χ1v) is 11.5. The molecule has 1 aliphatic rings. The first kappa shape index (κ1) is 22.1. The van der Waals surface area contributed by atoms with Gasteiger partial charge in [0.2, 0.25) is 11.8 Å². The first-order chi connectivity index (χ1) is 15.5. The van der Waals surface area contributed by atoms with Gasteiger partial charge in [0.1, 0.15) is 17.7 Å². The summed E-state index contributed by atoms with van der Waals surface area (Å²) in [4.78, 5) is 29.3. The Bertz CT molecular complexity index is 1050. The molecule has 166 valence electrons. The standard InChI is InChI=1S/C25H24F2N2O2S/c26-18-9-7-17(8-10-18)24(25(31)28-20-4-1-2-5-20)29(21-13-11-19(27)12-14-21)23(30)16-22-6-3-15-32-22/h3,6-15,20,24H,1-2,4-5,16H2,(H,28,31). The molecular formula is C25H24F2N2O2S. The molecule has 0 bridgehead atoms. The summed E-state index contributed by atoms with van der Waals surface area (Å²) in [5.41, 5.74) is 0.898. The molecule has 0 saturated heterocycles. The molecule has 1 aromatic heterocycles. The first-order valence-electron chi connectivity index (χ1n) is 10.7. The van der Waals surface area contributed by atoms with Gasteiger partial charge >= 0.3 is 0 Å². The van der Waals surface area contributed by atoms with E-state index in [1.165, 1.54) is 64.8 Å². The summed E-state index contributed by atoms with van der Waals surface area (Å²) in [6, 6.07) is 13.8. The molecule has 1 fully saturated rings. The number of anilines is 1. The van der Waals surface area contributed by atoms with Gasteiger partial charge in [0.25, 0.3) is 0 Å². The number of benzene rings is 2. The van der Waals surface area contributed by atoms with Crippen molar-refractivity contribution in [2.45, 2.75) is 44.2 Å². The number of rotatable bonds is 7. The van der Waals surface area contributed by atoms with Gasteiger partial charge in [-0.25, -0.2) is 8.78 Å². The van der Waals surface area contributed by atoms with Crippen molar-refractivity contribution in [3.05, 3.63) is 88.1 Å². The molecule has 1 saturated carbocycles. The third-order valence-electron chi connectivity index (χ3n) is 5.67. The predicted molar refractivity (Wildman–Crippen MR) is 121 cm³/mol. The molecule has 1 N–H and O–H groups in total. The van der Waals surface area contributed by atoms with Crippen molar-refractivity contribution in [2.24, 2.45) is 0 Å². The average molecular weight is 455 g/mol. The predicted octanol–water partition coefficient (Wildman–Crippen LogP) is 5.40. The van der Waals surface area contributed by atoms with Crippen molar-refractivity contribution in [1.29, 1.82) is 0 Å². The topological polar surface area (TPSA) is 49.4 Å². The highest BCUT2D eigenvalue weighted by Crippen LogP contribution is 2.30. The van der Waals surface area contributed by atoms with Crippen molar-refractivity contribution < 1.29 is 18.4 Å². The van der Waals surface area contributed by atoms with Crippen molar-refractivity contribution in [3.8, 4) is 0 Å². The maximum atomic E-state index is 13.6. The van der Waals surface area contributed by atoms with Gasteiger partial charge in [0.15, 0.2) is 0 Å². The van der Waals surface area contributed by atoms with Crippen LogP contribution in [0.4, 0.5) is 14.5 Å². The van der Waals surface area contributed by atoms with Crippen molar-refractivity contribution in [1.82, 2.24) is 5.32 Å². The lowest BCUT2D eigenvalue weighted by Crippen LogP contribution is -2.46. The summed E-state index contributed by atoms with van der Waals surface area (Å²) in [6.07, 6.45) is 3.98. The van der Waals surface area contributed by atoms with Crippen LogP contribution >= 0.6 is 11.3 Å². The van der Waals surface area contributed by atoms with E-state index >= 15 is 0 Å². The third-order valence-corrected chi connectivity index (χ3v) is 6.55. The fourth-order valence-electron chi connectivity index (χ4n) is 4.10. The number of carbonyl (C=O) groups is 2. The molecule has 0 aliphatic heterocycles. The molecule has 2 aromatic carbocycles. The molecule has 2 amide bonds. The molecule has 32 heavy (non-hydrogen) atoms. The number of thiophene rings is 1. The van der Waals surface area contributed by atoms with E-state index in [0.29, 0.717) is 11.3 Å². The largest absolute Gasteiger partial charge is 0.351 e. The molecule has 1 atom stereocenters. The lowest BCUT2D eigenvalue weighted by atomic mass is 10.0. The van der Waals surface area contributed by atoms with Gasteiger partial charge < -0.3 is 5.32 Å². The molecule has 4 rings (SSSR count). The Morgan fingerprint density at radius 1 is 0.969 bits per heavy atom. The van der Waals surface area contributed by atoms with Crippen LogP contribution in [0.25, 0.3) is 0 Å². The van der Waals surface area contributed by atoms with Crippen LogP contribution in [0.2, 0.25) is 0 Å². The summed E-state index contributed by atoms with van der Waals surface area (Å²) in [5.74, 6) is -1.49. The van der Waals surface area contributed by atoms with Gasteiger partial charge in [0.05, 0.1) is 6.42 Å². The number of amides is 2. The van der Waals surface area contributed by atoms with Crippen molar-refractivity contribution >= 4 is 28.8 Å². The number of hydrogen-bond acceptors (Lipinski definition) is 3. The third kappa shape index (κ3) is 5.22. The van der Waals surface area contributed by atoms with Crippen LogP contribution in [0, 0.1) is 11.6 Å². The smallest absolute Gasteiger partial charge is 0.248 e. The van der Waals surface area contributed by atoms with Gasteiger partial charge in [-0.2, -0.15) is 0 Å². The minimum Gasteiger partial charge on any atom is -0.351 e. The van der Waals surface area contributed by atoms with Crippen molar-refractivity contribution in [2.75, 3.05) is 4.90 Å². The second-order valence-corrected chi connectivity index (χ2v) is 8.97. The highest BCUT2D eigenvalue weighted by Gasteiger charge is 2.34. The van der Waals surface area contributed by atoms with Crippen LogP contribution in [0.5, 0.6) is 0 Å². The molecular weight excluding hydrogens is 430 g/mol. The monoisotopic (exact) mass is 454 g/mol. The van der Waals surface area contributed by atoms with E-state index in [-0.39, 0.29) is 24.3 Å². The molecule has 0 spiro atoms. The Balaban J connectivity index is 1.74. The quantitative estimate of drug-likeness (QED) is 0.520. The van der Waals surface area contributed by atoms with Crippen LogP contribution in [0.3, 0.4) is 0 Å². The average Bonchev–Trinajstić information content (AvgIpc) is 3.48. The summed E-state index contributed by atoms with van der Waals surface area (Å²) in [5, 5.41) is 4.95. The number of carbonyl (C=O) groups excluding carboxylic acids is 2. The number of hydrogen-bond donors (Lipinski definition) is 1. The molecule has 1 aliphatic carbocycles. The SMILES string of the molecule is O=C(NC1CCCC1)C(c1ccc(F)cc1)N(C(=O)Cc1cccs1)c1ccc(F)cc1. The summed E-state index contributed by atoms with van der Waals surface area (Å²) < 4.78 is 27.3. The summed E-state index contributed by atoms with van der Waals surface area (Å²) in [7, 11) is 0. The Kier molecular flexibility index (Phi) is 6.95. The molecule has 1 heterocycles. The zero-order chi connectivity index (χ0) is 22.5. The van der Waals surface area contributed by atoms with E-state index in [2.05, 4.69) is 5.32 Å². The van der Waals surface area contributed by atoms with Crippen LogP contribution in [0.15, 0.2) is 66.0 Å². The Morgan fingerprint density at radius 3 is 2.19 bits per heavy atom. The Hall–Kier alpha value is -3.06. The van der Waals surface area contributed by atoms with E-state index in [1.54, 1.807) is 0 Å². The number of nitrogens with one attached hydrogen (secondary N) is 1. The van der Waals surface area contributed by atoms with E-state index < -0.39 is 17.7 Å². The Morgan fingerprint density at radius 2 is 1.59 bits per heavy atom. The number of halogens is 2. The zero-order valence-electron chi connectivity index (χ0n) is 17.5. The van der Waals surface area contributed by atoms with E-state index in [1.807, 2.05) is 17.5 Å². The number of nitrogens with zero attached hydrogens (tertiary/aromatic N) is 1. The fourth-order valence-corrected chi connectivity index (χ4v) is 4.80. The fraction of sp³-hybridized carbons (Fsp3) is 0.280. The normalized spacial score (nSPS) is 14.8. The van der Waals surface area contributed by atoms with Gasteiger partial charge in [-0.15, -0.1) is 11.3 Å². The molecule has 3 aromatic rings. The molecule has 7 heteroatoms. The van der Waals surface area contributed by atoms with Gasteiger partial charge in [-0.3, -0.25) is 14.5 Å². The van der Waals surface area contributed by atoms with Crippen LogP contribution < -0.4 is 10.2 Å². The second-order valence-electron chi connectivity index (χ2n) is 7.94. The van der Waals surface area contributed by atoms with Crippen LogP contribution in [-0.4, -0.2) is 17.9 Å². The van der Waals surface area contributed by atoms with Crippen LogP contribution in [0.1, 0.15) is 42.2 Å². The maximum absolute atomic E-state index is 13.6.